The van der Waals surface area contributed by atoms with Crippen LogP contribution in [-0.4, -0.2) is 46.1 Å². The predicted octanol–water partition coefficient (Wildman–Crippen LogP) is 0.681. The van der Waals surface area contributed by atoms with Gasteiger partial charge >= 0.3 is 6.03 Å². The van der Waals surface area contributed by atoms with Gasteiger partial charge in [-0.25, -0.2) is 9.69 Å². The van der Waals surface area contributed by atoms with E-state index >= 15 is 0 Å². The van der Waals surface area contributed by atoms with Crippen molar-refractivity contribution in [1.29, 1.82) is 0 Å². The van der Waals surface area contributed by atoms with Crippen LogP contribution in [0.15, 0.2) is 0 Å². The van der Waals surface area contributed by atoms with Crippen LogP contribution >= 0.6 is 11.3 Å². The first-order valence-corrected chi connectivity index (χ1v) is 6.00. The van der Waals surface area contributed by atoms with Crippen LogP contribution < -0.4 is 4.90 Å². The molecule has 88 valence electrons. The molecule has 0 aliphatic carbocycles. The molecule has 6 nitrogen and oxygen atoms in total. The third-order valence-electron chi connectivity index (χ3n) is 2.52. The third kappa shape index (κ3) is 1.88. The van der Waals surface area contributed by atoms with Crippen LogP contribution in [-0.2, 0) is 6.42 Å². The summed E-state index contributed by atoms with van der Waals surface area (Å²) in [6, 6.07) is -0.224. The van der Waals surface area contributed by atoms with E-state index in [9.17, 15) is 9.90 Å². The number of aromatic nitrogens is 2. The first-order valence-electron chi connectivity index (χ1n) is 5.18. The van der Waals surface area contributed by atoms with Gasteiger partial charge in [-0.05, 0) is 6.42 Å². The number of nitrogens with zero attached hydrogens (tertiary/aromatic N) is 4. The molecule has 0 saturated carbocycles. The minimum atomic E-state index is -0.790. The minimum Gasteiger partial charge on any atom is -0.373 e. The molecule has 16 heavy (non-hydrogen) atoms. The Morgan fingerprint density at radius 2 is 2.31 bits per heavy atom. The zero-order valence-electron chi connectivity index (χ0n) is 9.25. The Morgan fingerprint density at radius 1 is 1.56 bits per heavy atom. The summed E-state index contributed by atoms with van der Waals surface area (Å²) in [5.74, 6) is 0. The molecular formula is C9H14N4O2S. The Bertz CT molecular complexity index is 395. The zero-order valence-corrected chi connectivity index (χ0v) is 10.1. The Balaban J connectivity index is 2.26. The molecule has 0 spiro atoms. The minimum absolute atomic E-state index is 0.224. The van der Waals surface area contributed by atoms with Crippen LogP contribution in [0.3, 0.4) is 0 Å². The average Bonchev–Trinajstić information content (AvgIpc) is 2.73. The van der Waals surface area contributed by atoms with Crippen molar-refractivity contribution < 1.29 is 9.90 Å². The van der Waals surface area contributed by atoms with E-state index in [1.54, 1.807) is 11.9 Å². The highest BCUT2D eigenvalue weighted by Gasteiger charge is 2.33. The Labute approximate surface area is 97.5 Å². The fraction of sp³-hybridized carbons (Fsp3) is 0.667. The Hall–Kier alpha value is -1.21. The molecule has 1 aromatic heterocycles. The van der Waals surface area contributed by atoms with Gasteiger partial charge in [-0.1, -0.05) is 18.3 Å². The number of aliphatic hydroxyl groups excluding tert-OH is 1. The van der Waals surface area contributed by atoms with E-state index in [2.05, 4.69) is 10.2 Å². The van der Waals surface area contributed by atoms with E-state index in [0.29, 0.717) is 18.1 Å². The molecule has 1 N–H and O–H groups in total. The lowest BCUT2D eigenvalue weighted by Gasteiger charge is -2.35. The highest BCUT2D eigenvalue weighted by molar-refractivity contribution is 7.15. The summed E-state index contributed by atoms with van der Waals surface area (Å²) < 4.78 is 0. The number of hydrogen-bond donors (Lipinski definition) is 1. The lowest BCUT2D eigenvalue weighted by Crippen LogP contribution is -2.53. The molecule has 0 aromatic carbocycles. The quantitative estimate of drug-likeness (QED) is 0.828. The van der Waals surface area contributed by atoms with Gasteiger partial charge in [0.05, 0.1) is 0 Å². The number of hydrogen-bond acceptors (Lipinski definition) is 5. The fourth-order valence-electron chi connectivity index (χ4n) is 1.54. The molecule has 1 saturated heterocycles. The highest BCUT2D eigenvalue weighted by atomic mass is 32.1. The molecule has 1 atom stereocenters. The topological polar surface area (TPSA) is 69.6 Å². The lowest BCUT2D eigenvalue weighted by atomic mass is 10.3. The number of anilines is 1. The number of urea groups is 1. The maximum Gasteiger partial charge on any atom is 0.328 e. The van der Waals surface area contributed by atoms with E-state index in [-0.39, 0.29) is 6.03 Å². The van der Waals surface area contributed by atoms with Crippen molar-refractivity contribution >= 4 is 22.5 Å². The van der Waals surface area contributed by atoms with E-state index in [1.807, 2.05) is 6.92 Å². The standard InChI is InChI=1S/C9H14N4O2S/c1-3-6-10-11-8(16-6)13-7(14)4-5-12(2)9(13)15/h7,14H,3-5H2,1-2H3. The predicted molar refractivity (Wildman–Crippen MR) is 60.4 cm³/mol. The van der Waals surface area contributed by atoms with Crippen LogP contribution in [0.4, 0.5) is 9.93 Å². The van der Waals surface area contributed by atoms with Crippen LogP contribution in [0.5, 0.6) is 0 Å². The van der Waals surface area contributed by atoms with Gasteiger partial charge in [-0.3, -0.25) is 0 Å². The van der Waals surface area contributed by atoms with Crippen molar-refractivity contribution in [3.8, 4) is 0 Å². The van der Waals surface area contributed by atoms with E-state index in [4.69, 9.17) is 0 Å². The molecule has 0 radical (unpaired) electrons. The average molecular weight is 242 g/mol. The van der Waals surface area contributed by atoms with Crippen molar-refractivity contribution in [2.45, 2.75) is 26.0 Å². The number of rotatable bonds is 2. The first kappa shape index (κ1) is 11.3. The van der Waals surface area contributed by atoms with Crippen molar-refractivity contribution in [2.24, 2.45) is 0 Å². The second kappa shape index (κ2) is 4.34. The smallest absolute Gasteiger partial charge is 0.328 e. The first-order chi connectivity index (χ1) is 7.63. The van der Waals surface area contributed by atoms with Crippen molar-refractivity contribution in [2.75, 3.05) is 18.5 Å². The molecule has 0 bridgehead atoms. The second-order valence-corrected chi connectivity index (χ2v) is 4.72. The van der Waals surface area contributed by atoms with Crippen LogP contribution in [0.25, 0.3) is 0 Å². The van der Waals surface area contributed by atoms with Gasteiger partial charge in [0.25, 0.3) is 0 Å². The molecule has 7 heteroatoms. The molecule has 1 aliphatic heterocycles. The van der Waals surface area contributed by atoms with Crippen LogP contribution in [0.1, 0.15) is 18.4 Å². The van der Waals surface area contributed by atoms with Crippen molar-refractivity contribution in [1.82, 2.24) is 15.1 Å². The summed E-state index contributed by atoms with van der Waals surface area (Å²) in [7, 11) is 1.71. The second-order valence-electron chi connectivity index (χ2n) is 3.68. The fourth-order valence-corrected chi connectivity index (χ4v) is 2.36. The largest absolute Gasteiger partial charge is 0.373 e. The maximum atomic E-state index is 11.9. The number of carbonyl (C=O) groups excluding carboxylic acids is 1. The number of aryl methyl sites for hydroxylation is 1. The summed E-state index contributed by atoms with van der Waals surface area (Å²) in [5, 5.41) is 19.0. The monoisotopic (exact) mass is 242 g/mol. The molecule has 1 unspecified atom stereocenters. The van der Waals surface area contributed by atoms with E-state index < -0.39 is 6.23 Å². The molecule has 2 rings (SSSR count). The third-order valence-corrected chi connectivity index (χ3v) is 3.58. The summed E-state index contributed by atoms with van der Waals surface area (Å²) in [6.07, 6.45) is 0.524. The summed E-state index contributed by atoms with van der Waals surface area (Å²) in [4.78, 5) is 14.7. The van der Waals surface area contributed by atoms with Gasteiger partial charge in [-0.15, -0.1) is 10.2 Å². The van der Waals surface area contributed by atoms with Gasteiger partial charge in [0.15, 0.2) is 0 Å². The Kier molecular flexibility index (Phi) is 3.06. The van der Waals surface area contributed by atoms with Gasteiger partial charge in [-0.2, -0.15) is 0 Å². The summed E-state index contributed by atoms with van der Waals surface area (Å²) in [5.41, 5.74) is 0. The summed E-state index contributed by atoms with van der Waals surface area (Å²) >= 11 is 1.35. The van der Waals surface area contributed by atoms with Gasteiger partial charge in [0, 0.05) is 20.0 Å². The highest BCUT2D eigenvalue weighted by Crippen LogP contribution is 2.26. The van der Waals surface area contributed by atoms with Crippen LogP contribution in [0.2, 0.25) is 0 Å². The molecule has 2 heterocycles. The lowest BCUT2D eigenvalue weighted by molar-refractivity contribution is 0.116. The molecule has 1 aromatic rings. The molecule has 1 fully saturated rings. The maximum absolute atomic E-state index is 11.9. The number of carbonyl (C=O) groups is 1. The number of amides is 2. The van der Waals surface area contributed by atoms with Crippen molar-refractivity contribution in [3.05, 3.63) is 5.01 Å². The molecule has 1 aliphatic rings. The molecular weight excluding hydrogens is 228 g/mol. The van der Waals surface area contributed by atoms with E-state index in [0.717, 1.165) is 11.4 Å². The number of aliphatic hydroxyl groups is 1. The van der Waals surface area contributed by atoms with Crippen LogP contribution in [0, 0.1) is 0 Å². The zero-order chi connectivity index (χ0) is 11.7. The normalized spacial score (nSPS) is 21.7. The summed E-state index contributed by atoms with van der Waals surface area (Å²) in [6.45, 7) is 2.54. The van der Waals surface area contributed by atoms with Gasteiger partial charge in [0.1, 0.15) is 11.2 Å². The Morgan fingerprint density at radius 3 is 2.94 bits per heavy atom. The SMILES string of the molecule is CCc1nnc(N2C(=O)N(C)CCC2O)s1. The van der Waals surface area contributed by atoms with Crippen molar-refractivity contribution in [3.63, 3.8) is 0 Å². The van der Waals surface area contributed by atoms with Gasteiger partial charge in [0.2, 0.25) is 5.13 Å². The molecule has 2 amide bonds. The van der Waals surface area contributed by atoms with Gasteiger partial charge < -0.3 is 10.0 Å². The van der Waals surface area contributed by atoms with E-state index in [1.165, 1.54) is 16.2 Å².